The maximum atomic E-state index is 12.9. The molecule has 2 rings (SSSR count). The molecule has 0 radical (unpaired) electrons. The first-order valence-corrected chi connectivity index (χ1v) is 7.18. The van der Waals surface area contributed by atoms with Gasteiger partial charge in [0.05, 0.1) is 6.04 Å². The molecule has 1 aliphatic rings. The Morgan fingerprint density at radius 3 is 2.48 bits per heavy atom. The van der Waals surface area contributed by atoms with Gasteiger partial charge in [-0.1, -0.05) is 0 Å². The standard InChI is InChI=1S/C15H18F3N3O2/c1-8-4-13(15(16,17)18)20-14(5-8)21-7-11(19-10(3)23)6-12(21)9(2)22/h4-5,11-12H,6-7H2,1-3H3,(H,19,23). The van der Waals surface area contributed by atoms with E-state index < -0.39 is 17.9 Å². The van der Waals surface area contributed by atoms with E-state index in [9.17, 15) is 22.8 Å². The Hall–Kier alpha value is -2.12. The van der Waals surface area contributed by atoms with Gasteiger partial charge in [-0.25, -0.2) is 4.98 Å². The summed E-state index contributed by atoms with van der Waals surface area (Å²) in [6.07, 6.45) is -4.20. The zero-order valence-electron chi connectivity index (χ0n) is 13.1. The number of halogens is 3. The van der Waals surface area contributed by atoms with Crippen LogP contribution in [0.15, 0.2) is 12.1 Å². The summed E-state index contributed by atoms with van der Waals surface area (Å²) in [4.78, 5) is 28.2. The fourth-order valence-corrected chi connectivity index (χ4v) is 2.81. The van der Waals surface area contributed by atoms with Gasteiger partial charge < -0.3 is 10.2 Å². The molecule has 2 unspecified atom stereocenters. The molecule has 2 atom stereocenters. The number of aryl methyl sites for hydroxylation is 1. The van der Waals surface area contributed by atoms with Gasteiger partial charge in [0.15, 0.2) is 5.78 Å². The minimum atomic E-state index is -4.55. The number of carbonyl (C=O) groups excluding carboxylic acids is 2. The molecule has 1 amide bonds. The first-order valence-electron chi connectivity index (χ1n) is 7.18. The summed E-state index contributed by atoms with van der Waals surface area (Å²) in [6.45, 7) is 4.54. The highest BCUT2D eigenvalue weighted by Gasteiger charge is 2.38. The van der Waals surface area contributed by atoms with E-state index in [0.29, 0.717) is 12.0 Å². The molecule has 5 nitrogen and oxygen atoms in total. The second-order valence-corrected chi connectivity index (χ2v) is 5.80. The minimum Gasteiger partial charge on any atom is -0.352 e. The second kappa shape index (κ2) is 6.17. The largest absolute Gasteiger partial charge is 0.433 e. The molecule has 2 heterocycles. The number of anilines is 1. The fourth-order valence-electron chi connectivity index (χ4n) is 2.81. The van der Waals surface area contributed by atoms with Crippen LogP contribution in [-0.2, 0) is 15.8 Å². The Bertz CT molecular complexity index is 631. The van der Waals surface area contributed by atoms with Crippen LogP contribution in [0.3, 0.4) is 0 Å². The van der Waals surface area contributed by atoms with Crippen molar-refractivity contribution in [3.8, 4) is 0 Å². The molecule has 0 aromatic carbocycles. The maximum absolute atomic E-state index is 12.9. The van der Waals surface area contributed by atoms with E-state index in [0.717, 1.165) is 6.07 Å². The predicted molar refractivity (Wildman–Crippen MR) is 78.0 cm³/mol. The number of Topliss-reactive ketones (excluding diaryl/α,β-unsaturated/α-hetero) is 1. The van der Waals surface area contributed by atoms with Crippen molar-refractivity contribution in [1.82, 2.24) is 10.3 Å². The molecule has 1 saturated heterocycles. The third-order valence-electron chi connectivity index (χ3n) is 3.72. The maximum Gasteiger partial charge on any atom is 0.433 e. The van der Waals surface area contributed by atoms with Crippen molar-refractivity contribution in [2.24, 2.45) is 0 Å². The quantitative estimate of drug-likeness (QED) is 0.922. The van der Waals surface area contributed by atoms with E-state index in [4.69, 9.17) is 0 Å². The molecule has 0 spiro atoms. The first kappa shape index (κ1) is 17.2. The van der Waals surface area contributed by atoms with Gasteiger partial charge in [-0.3, -0.25) is 9.59 Å². The first-order chi connectivity index (χ1) is 10.6. The lowest BCUT2D eigenvalue weighted by Crippen LogP contribution is -2.37. The summed E-state index contributed by atoms with van der Waals surface area (Å²) in [7, 11) is 0. The summed E-state index contributed by atoms with van der Waals surface area (Å²) in [5.41, 5.74) is -0.578. The lowest BCUT2D eigenvalue weighted by atomic mass is 10.1. The zero-order valence-corrected chi connectivity index (χ0v) is 13.1. The molecule has 0 bridgehead atoms. The summed E-state index contributed by atoms with van der Waals surface area (Å²) in [5, 5.41) is 2.70. The van der Waals surface area contributed by atoms with Crippen LogP contribution >= 0.6 is 0 Å². The molecule has 0 saturated carbocycles. The minimum absolute atomic E-state index is 0.102. The van der Waals surface area contributed by atoms with Gasteiger partial charge in [0.1, 0.15) is 11.5 Å². The summed E-state index contributed by atoms with van der Waals surface area (Å²) < 4.78 is 38.8. The molecule has 23 heavy (non-hydrogen) atoms. The fraction of sp³-hybridized carbons (Fsp3) is 0.533. The molecule has 8 heteroatoms. The molecule has 1 aromatic rings. The highest BCUT2D eigenvalue weighted by atomic mass is 19.4. The van der Waals surface area contributed by atoms with Gasteiger partial charge in [0, 0.05) is 19.5 Å². The number of hydrogen-bond donors (Lipinski definition) is 1. The van der Waals surface area contributed by atoms with Gasteiger partial charge in [0.2, 0.25) is 5.91 Å². The van der Waals surface area contributed by atoms with Crippen LogP contribution in [0.25, 0.3) is 0 Å². The number of rotatable bonds is 3. The highest BCUT2D eigenvalue weighted by molar-refractivity contribution is 5.86. The average Bonchev–Trinajstić information content (AvgIpc) is 2.80. The van der Waals surface area contributed by atoms with Crippen molar-refractivity contribution >= 4 is 17.5 Å². The van der Waals surface area contributed by atoms with Gasteiger partial charge in [0.25, 0.3) is 0 Å². The van der Waals surface area contributed by atoms with E-state index in [1.807, 2.05) is 0 Å². The Balaban J connectivity index is 2.36. The summed E-state index contributed by atoms with van der Waals surface area (Å²) in [6, 6.07) is 1.59. The molecule has 1 fully saturated rings. The molecule has 126 valence electrons. The molecule has 1 aromatic heterocycles. The van der Waals surface area contributed by atoms with Crippen LogP contribution in [0.2, 0.25) is 0 Å². The molecule has 1 aliphatic heterocycles. The third-order valence-corrected chi connectivity index (χ3v) is 3.72. The lowest BCUT2D eigenvalue weighted by molar-refractivity contribution is -0.141. The van der Waals surface area contributed by atoms with E-state index in [1.165, 1.54) is 24.8 Å². The van der Waals surface area contributed by atoms with E-state index in [1.54, 1.807) is 6.92 Å². The van der Waals surface area contributed by atoms with Crippen molar-refractivity contribution in [2.75, 3.05) is 11.4 Å². The monoisotopic (exact) mass is 329 g/mol. The van der Waals surface area contributed by atoms with Crippen LogP contribution in [-0.4, -0.2) is 35.3 Å². The number of carbonyl (C=O) groups is 2. The van der Waals surface area contributed by atoms with Gasteiger partial charge in [-0.05, 0) is 38.0 Å². The number of nitrogens with one attached hydrogen (secondary N) is 1. The number of aromatic nitrogens is 1. The van der Waals surface area contributed by atoms with Gasteiger partial charge in [-0.15, -0.1) is 0 Å². The van der Waals surface area contributed by atoms with Crippen LogP contribution in [0.4, 0.5) is 19.0 Å². The average molecular weight is 329 g/mol. The van der Waals surface area contributed by atoms with Gasteiger partial charge >= 0.3 is 6.18 Å². The van der Waals surface area contributed by atoms with E-state index in [-0.39, 0.29) is 30.1 Å². The Kier molecular flexibility index (Phi) is 4.63. The SMILES string of the molecule is CC(=O)NC1CC(C(C)=O)N(c2cc(C)cc(C(F)(F)F)n2)C1. The highest BCUT2D eigenvalue weighted by Crippen LogP contribution is 2.32. The van der Waals surface area contributed by atoms with Crippen molar-refractivity contribution in [3.63, 3.8) is 0 Å². The molecule has 0 aliphatic carbocycles. The number of alkyl halides is 3. The second-order valence-electron chi connectivity index (χ2n) is 5.80. The Morgan fingerprint density at radius 2 is 1.96 bits per heavy atom. The number of hydrogen-bond acceptors (Lipinski definition) is 4. The third kappa shape index (κ3) is 4.00. The summed E-state index contributed by atoms with van der Waals surface area (Å²) >= 11 is 0. The van der Waals surface area contributed by atoms with Crippen LogP contribution in [0.1, 0.15) is 31.5 Å². The lowest BCUT2D eigenvalue weighted by Gasteiger charge is -2.24. The number of nitrogens with zero attached hydrogens (tertiary/aromatic N) is 2. The molecular weight excluding hydrogens is 311 g/mol. The summed E-state index contributed by atoms with van der Waals surface area (Å²) in [5.74, 6) is -0.313. The number of amides is 1. The Labute approximate surface area is 131 Å². The van der Waals surface area contributed by atoms with Crippen LogP contribution in [0.5, 0.6) is 0 Å². The topological polar surface area (TPSA) is 62.3 Å². The smallest absolute Gasteiger partial charge is 0.352 e. The number of ketones is 1. The van der Waals surface area contributed by atoms with Crippen LogP contribution in [0, 0.1) is 6.92 Å². The molecule has 1 N–H and O–H groups in total. The number of pyridine rings is 1. The van der Waals surface area contributed by atoms with Crippen molar-refractivity contribution in [1.29, 1.82) is 0 Å². The van der Waals surface area contributed by atoms with Crippen molar-refractivity contribution in [2.45, 2.75) is 45.5 Å². The van der Waals surface area contributed by atoms with Gasteiger partial charge in [-0.2, -0.15) is 13.2 Å². The van der Waals surface area contributed by atoms with Crippen molar-refractivity contribution < 1.29 is 22.8 Å². The van der Waals surface area contributed by atoms with E-state index >= 15 is 0 Å². The molecular formula is C15H18F3N3O2. The van der Waals surface area contributed by atoms with E-state index in [2.05, 4.69) is 10.3 Å². The predicted octanol–water partition coefficient (Wildman–Crippen LogP) is 2.08. The zero-order chi connectivity index (χ0) is 17.4. The van der Waals surface area contributed by atoms with Crippen LogP contribution < -0.4 is 10.2 Å². The normalized spacial score (nSPS) is 21.4. The van der Waals surface area contributed by atoms with Crippen molar-refractivity contribution in [3.05, 3.63) is 23.4 Å². The Morgan fingerprint density at radius 1 is 1.30 bits per heavy atom.